The summed E-state index contributed by atoms with van der Waals surface area (Å²) in [5, 5.41) is 0. The van der Waals surface area contributed by atoms with E-state index in [1.54, 1.807) is 12.2 Å². The van der Waals surface area contributed by atoms with Gasteiger partial charge in [-0.05, 0) is 75.9 Å². The monoisotopic (exact) mass is 458 g/mol. The zero-order valence-corrected chi connectivity index (χ0v) is 21.1. The van der Waals surface area contributed by atoms with Crippen LogP contribution in [0.2, 0.25) is 19.6 Å². The van der Waals surface area contributed by atoms with Crippen molar-refractivity contribution < 1.29 is 23.1 Å². The van der Waals surface area contributed by atoms with E-state index in [4.69, 9.17) is 9.16 Å². The molecule has 0 saturated heterocycles. The minimum Gasteiger partial charge on any atom is -0.545 e. The highest BCUT2D eigenvalue weighted by atomic mass is 28.4. The molecule has 4 rings (SSSR count). The van der Waals surface area contributed by atoms with Crippen LogP contribution >= 0.6 is 0 Å². The van der Waals surface area contributed by atoms with Gasteiger partial charge in [-0.2, -0.15) is 0 Å². The molecular formula is C26H35FO4Si. The molecule has 0 radical (unpaired) electrons. The Balaban J connectivity index is 1.78. The van der Waals surface area contributed by atoms with Crippen molar-refractivity contribution in [3.8, 4) is 0 Å². The Morgan fingerprint density at radius 2 is 1.94 bits per heavy atom. The van der Waals surface area contributed by atoms with Crippen molar-refractivity contribution in [1.29, 1.82) is 0 Å². The number of rotatable bonds is 4. The normalized spacial score (nSPS) is 40.5. The highest BCUT2D eigenvalue weighted by molar-refractivity contribution is 6.70. The van der Waals surface area contributed by atoms with Crippen LogP contribution in [0.15, 0.2) is 47.8 Å². The van der Waals surface area contributed by atoms with Gasteiger partial charge >= 0.3 is 5.97 Å². The first-order valence-corrected chi connectivity index (χ1v) is 15.0. The molecule has 4 nitrogen and oxygen atoms in total. The summed E-state index contributed by atoms with van der Waals surface area (Å²) in [5.41, 5.74) is -1.30. The zero-order valence-electron chi connectivity index (χ0n) is 20.1. The molecule has 0 heterocycles. The quantitative estimate of drug-likeness (QED) is 0.302. The minimum absolute atomic E-state index is 0.0562. The van der Waals surface area contributed by atoms with E-state index in [0.29, 0.717) is 25.0 Å². The van der Waals surface area contributed by atoms with Crippen LogP contribution < -0.4 is 0 Å². The molecule has 0 aromatic heterocycles. The standard InChI is InChI=1S/C26H35FO4Si/c1-16(31-32(5,6)7)20-10-11-21-22-9-8-18-14-19(29)12-13-25(18,4)26(22,27)23(30-17(2)28)15-24(20,21)3/h10,12-14,21-23H,1,8-9,11,15H2,2-7H3/t21-,22-,23-,24+,25-,26-/m0/s1. The lowest BCUT2D eigenvalue weighted by molar-refractivity contribution is -0.206. The third-order valence-electron chi connectivity index (χ3n) is 8.24. The summed E-state index contributed by atoms with van der Waals surface area (Å²) in [7, 11) is -1.86. The molecule has 0 unspecified atom stereocenters. The molecule has 2 fully saturated rings. The van der Waals surface area contributed by atoms with Crippen LogP contribution in [0.25, 0.3) is 0 Å². The van der Waals surface area contributed by atoms with Gasteiger partial charge in [0, 0.05) is 23.7 Å². The molecule has 6 atom stereocenters. The summed E-state index contributed by atoms with van der Waals surface area (Å²) in [4.78, 5) is 24.2. The molecule has 0 aliphatic heterocycles. The number of carbonyl (C=O) groups excluding carboxylic acids is 2. The van der Waals surface area contributed by atoms with Gasteiger partial charge in [0.05, 0.1) is 5.76 Å². The summed E-state index contributed by atoms with van der Waals surface area (Å²) in [6.45, 7) is 16.0. The van der Waals surface area contributed by atoms with Crippen LogP contribution in [0, 0.1) is 22.7 Å². The first-order valence-electron chi connectivity index (χ1n) is 11.6. The zero-order chi connectivity index (χ0) is 23.7. The van der Waals surface area contributed by atoms with Crippen LogP contribution in [0.3, 0.4) is 0 Å². The van der Waals surface area contributed by atoms with Crippen LogP contribution in [0.1, 0.15) is 46.5 Å². The number of alkyl halides is 1. The van der Waals surface area contributed by atoms with Gasteiger partial charge in [-0.15, -0.1) is 0 Å². The Morgan fingerprint density at radius 3 is 2.56 bits per heavy atom. The fourth-order valence-corrected chi connectivity index (χ4v) is 7.78. The Morgan fingerprint density at radius 1 is 1.25 bits per heavy atom. The van der Waals surface area contributed by atoms with Crippen LogP contribution in [0.5, 0.6) is 0 Å². The SMILES string of the molecule is C=C(O[Si](C)(C)C)C1=CC[C@H]2[C@@H]3CCC4=CC(=O)C=C[C@]4(C)[C@@]3(F)[C@@H](OC(C)=O)C[C@]12C. The average Bonchev–Trinajstić information content (AvgIpc) is 2.98. The van der Waals surface area contributed by atoms with Gasteiger partial charge in [0.25, 0.3) is 0 Å². The molecule has 4 aliphatic carbocycles. The number of carbonyl (C=O) groups is 2. The van der Waals surface area contributed by atoms with Gasteiger partial charge in [-0.25, -0.2) is 4.39 Å². The van der Waals surface area contributed by atoms with Crippen molar-refractivity contribution in [2.45, 2.75) is 77.9 Å². The third kappa shape index (κ3) is 3.28. The smallest absolute Gasteiger partial charge is 0.303 e. The highest BCUT2D eigenvalue weighted by Gasteiger charge is 2.70. The number of ketones is 1. The van der Waals surface area contributed by atoms with Crippen molar-refractivity contribution in [2.24, 2.45) is 22.7 Å². The van der Waals surface area contributed by atoms with E-state index in [1.807, 2.05) is 6.92 Å². The Hall–Kier alpha value is -1.95. The number of ether oxygens (including phenoxy) is 1. The molecule has 0 aromatic carbocycles. The summed E-state index contributed by atoms with van der Waals surface area (Å²) in [6, 6.07) is 0. The number of hydrogen-bond acceptors (Lipinski definition) is 4. The van der Waals surface area contributed by atoms with Gasteiger partial charge in [-0.3, -0.25) is 9.59 Å². The van der Waals surface area contributed by atoms with Gasteiger partial charge in [-0.1, -0.05) is 31.2 Å². The maximum absolute atomic E-state index is 17.5. The fraction of sp³-hybridized carbons (Fsp3) is 0.615. The molecule has 0 amide bonds. The second-order valence-corrected chi connectivity index (χ2v) is 15.8. The van der Waals surface area contributed by atoms with E-state index in [0.717, 1.165) is 17.6 Å². The van der Waals surface area contributed by atoms with Crippen molar-refractivity contribution >= 4 is 20.1 Å². The number of allylic oxidation sites excluding steroid dienone is 6. The number of hydrogen-bond donors (Lipinski definition) is 0. The average molecular weight is 459 g/mol. The van der Waals surface area contributed by atoms with E-state index in [-0.39, 0.29) is 23.0 Å². The summed E-state index contributed by atoms with van der Waals surface area (Å²) >= 11 is 0. The second-order valence-electron chi connectivity index (χ2n) is 11.3. The highest BCUT2D eigenvalue weighted by Crippen LogP contribution is 2.68. The lowest BCUT2D eigenvalue weighted by atomic mass is 9.45. The van der Waals surface area contributed by atoms with Crippen LogP contribution in [-0.4, -0.2) is 31.8 Å². The van der Waals surface area contributed by atoms with Crippen molar-refractivity contribution in [2.75, 3.05) is 0 Å². The first kappa shape index (κ1) is 23.2. The van der Waals surface area contributed by atoms with Crippen molar-refractivity contribution in [3.63, 3.8) is 0 Å². The van der Waals surface area contributed by atoms with E-state index < -0.39 is 31.5 Å². The molecule has 174 valence electrons. The third-order valence-corrected chi connectivity index (χ3v) is 9.09. The molecule has 0 spiro atoms. The van der Waals surface area contributed by atoms with Gasteiger partial charge in [0.1, 0.15) is 6.10 Å². The Labute approximate surface area is 191 Å². The maximum atomic E-state index is 17.5. The number of halogens is 1. The predicted molar refractivity (Wildman–Crippen MR) is 125 cm³/mol. The largest absolute Gasteiger partial charge is 0.545 e. The van der Waals surface area contributed by atoms with Gasteiger partial charge < -0.3 is 9.16 Å². The van der Waals surface area contributed by atoms with E-state index in [1.165, 1.54) is 13.0 Å². The Kier molecular flexibility index (Phi) is 5.28. The molecule has 32 heavy (non-hydrogen) atoms. The maximum Gasteiger partial charge on any atom is 0.303 e. The minimum atomic E-state index is -1.86. The molecule has 0 N–H and O–H groups in total. The number of fused-ring (bicyclic) bond motifs is 5. The molecule has 6 heteroatoms. The molecular weight excluding hydrogens is 423 g/mol. The van der Waals surface area contributed by atoms with E-state index >= 15 is 4.39 Å². The Bertz CT molecular complexity index is 973. The topological polar surface area (TPSA) is 52.6 Å². The number of esters is 1. The molecule has 0 bridgehead atoms. The predicted octanol–water partition coefficient (Wildman–Crippen LogP) is 5.83. The lowest BCUT2D eigenvalue weighted by Gasteiger charge is -2.62. The van der Waals surface area contributed by atoms with Crippen molar-refractivity contribution in [3.05, 3.63) is 47.8 Å². The molecule has 2 saturated carbocycles. The van der Waals surface area contributed by atoms with Gasteiger partial charge in [0.15, 0.2) is 11.5 Å². The van der Waals surface area contributed by atoms with E-state index in [9.17, 15) is 9.59 Å². The summed E-state index contributed by atoms with van der Waals surface area (Å²) < 4.78 is 29.6. The molecule has 4 aliphatic rings. The summed E-state index contributed by atoms with van der Waals surface area (Å²) in [5.74, 6) is -0.162. The summed E-state index contributed by atoms with van der Waals surface area (Å²) in [6.07, 6.45) is 8.42. The first-order chi connectivity index (χ1) is 14.7. The van der Waals surface area contributed by atoms with Crippen LogP contribution in [0.4, 0.5) is 4.39 Å². The fourth-order valence-electron chi connectivity index (χ4n) is 6.93. The lowest BCUT2D eigenvalue weighted by Crippen LogP contribution is -2.67. The van der Waals surface area contributed by atoms with Crippen molar-refractivity contribution in [1.82, 2.24) is 0 Å². The van der Waals surface area contributed by atoms with Gasteiger partial charge in [0.2, 0.25) is 8.32 Å². The van der Waals surface area contributed by atoms with Crippen LogP contribution in [-0.2, 0) is 18.8 Å². The molecule has 0 aromatic rings. The van der Waals surface area contributed by atoms with E-state index in [2.05, 4.69) is 39.2 Å². The second kappa shape index (κ2) is 7.27.